The zero-order valence-electron chi connectivity index (χ0n) is 28.1. The minimum absolute atomic E-state index is 0. The van der Waals surface area contributed by atoms with Crippen molar-refractivity contribution < 1.29 is 26.2 Å². The van der Waals surface area contributed by atoms with Crippen molar-refractivity contribution in [1.29, 1.82) is 0 Å². The van der Waals surface area contributed by atoms with E-state index in [1.165, 1.54) is 43.8 Å². The fraction of sp³-hybridized carbons (Fsp3) is 0.238. The minimum atomic E-state index is 0. The summed E-state index contributed by atoms with van der Waals surface area (Å²) in [6, 6.07) is 42.0. The molecule has 226 valence electrons. The van der Waals surface area contributed by atoms with Crippen LogP contribution >= 0.6 is 0 Å². The Morgan fingerprint density at radius 2 is 0.841 bits per heavy atom. The summed E-state index contributed by atoms with van der Waals surface area (Å²) in [7, 11) is 1.08. The Bertz CT molecular complexity index is 1470. The molecule has 2 heteroatoms. The molecule has 6 aromatic carbocycles. The molecule has 44 heavy (non-hydrogen) atoms. The molecule has 0 heterocycles. The molecule has 0 bridgehead atoms. The molecule has 0 spiro atoms. The zero-order valence-corrected chi connectivity index (χ0v) is 31.6. The normalized spacial score (nSPS) is 9.86. The standard InChI is InChI=1S/2C13H15.2C7H7.C2H6Si.Zr/c2*1-9(2)12-6-4-5-11-7-10(3)8-13(11)12;2*1-7-5-3-2-4-6-7;1-3-2;/h2*4-9H,1-3H3;2*2-6H,1H2;1-2H3;/q4*-1;;+4. The van der Waals surface area contributed by atoms with Crippen LogP contribution < -0.4 is 0 Å². The molecular weight excluding hydrogens is 624 g/mol. The molecule has 6 aromatic rings. The van der Waals surface area contributed by atoms with Gasteiger partial charge in [-0.25, -0.2) is 0 Å². The van der Waals surface area contributed by atoms with E-state index in [0.717, 1.165) is 20.6 Å². The smallest absolute Gasteiger partial charge is 0.199 e. The SMILES string of the molecule is C[Si]C.Cc1cc2c(C(C)C)cccc2[cH-]1.Cc1cc2c(C(C)C)cccc2[cH-]1.[CH2-]c1ccccc1.[CH2-]c1ccccc1.[Zr+4]. The van der Waals surface area contributed by atoms with Gasteiger partial charge < -0.3 is 0 Å². The molecule has 0 aromatic heterocycles. The van der Waals surface area contributed by atoms with E-state index in [1.54, 1.807) is 0 Å². The number of rotatable bonds is 2. The van der Waals surface area contributed by atoms with Crippen LogP contribution in [0.1, 0.15) is 72.9 Å². The average molecular weight is 674 g/mol. The van der Waals surface area contributed by atoms with E-state index in [4.69, 9.17) is 0 Å². The number of hydrogen-bond acceptors (Lipinski definition) is 0. The molecule has 0 aliphatic heterocycles. The predicted molar refractivity (Wildman–Crippen MR) is 196 cm³/mol. The first-order valence-electron chi connectivity index (χ1n) is 15.2. The summed E-state index contributed by atoms with van der Waals surface area (Å²) in [6.07, 6.45) is 0. The summed E-state index contributed by atoms with van der Waals surface area (Å²) in [4.78, 5) is 0. The van der Waals surface area contributed by atoms with Crippen molar-refractivity contribution >= 4 is 31.1 Å². The van der Waals surface area contributed by atoms with Crippen molar-refractivity contribution in [2.45, 2.75) is 66.5 Å². The summed E-state index contributed by atoms with van der Waals surface area (Å²) in [5, 5.41) is 5.61. The molecule has 0 amide bonds. The molecule has 0 fully saturated rings. The molecule has 0 atom stereocenters. The van der Waals surface area contributed by atoms with Gasteiger partial charge in [-0.05, 0) is 11.8 Å². The molecular formula is C42H50SiZr. The molecule has 0 N–H and O–H groups in total. The van der Waals surface area contributed by atoms with Crippen molar-refractivity contribution in [2.24, 2.45) is 0 Å². The maximum Gasteiger partial charge on any atom is 4.00 e. The van der Waals surface area contributed by atoms with Crippen molar-refractivity contribution in [1.82, 2.24) is 0 Å². The summed E-state index contributed by atoms with van der Waals surface area (Å²) >= 11 is 0. The van der Waals surface area contributed by atoms with Gasteiger partial charge in [-0.15, -0.1) is 93.3 Å². The van der Waals surface area contributed by atoms with E-state index in [2.05, 4.69) is 129 Å². The summed E-state index contributed by atoms with van der Waals surface area (Å²) < 4.78 is 0. The van der Waals surface area contributed by atoms with E-state index in [0.29, 0.717) is 11.8 Å². The quantitative estimate of drug-likeness (QED) is 0.127. The third kappa shape index (κ3) is 13.3. The maximum absolute atomic E-state index is 3.72. The van der Waals surface area contributed by atoms with Gasteiger partial charge in [0.2, 0.25) is 0 Å². The van der Waals surface area contributed by atoms with Crippen LogP contribution in [0.2, 0.25) is 13.1 Å². The summed E-state index contributed by atoms with van der Waals surface area (Å²) in [6.45, 7) is 25.0. The Balaban J connectivity index is 0.000000293. The second kappa shape index (κ2) is 20.8. The topological polar surface area (TPSA) is 0 Å². The van der Waals surface area contributed by atoms with Crippen LogP contribution in [-0.4, -0.2) is 9.52 Å². The Morgan fingerprint density at radius 3 is 1.09 bits per heavy atom. The number of fused-ring (bicyclic) bond motifs is 2. The van der Waals surface area contributed by atoms with Crippen molar-refractivity contribution in [3.63, 3.8) is 0 Å². The van der Waals surface area contributed by atoms with E-state index in [9.17, 15) is 0 Å². The number of benzene rings is 4. The van der Waals surface area contributed by atoms with Crippen LogP contribution in [0.4, 0.5) is 0 Å². The Labute approximate surface area is 290 Å². The maximum atomic E-state index is 3.72. The molecule has 0 aliphatic carbocycles. The third-order valence-electron chi connectivity index (χ3n) is 6.79. The second-order valence-electron chi connectivity index (χ2n) is 11.5. The van der Waals surface area contributed by atoms with Gasteiger partial charge in [0, 0.05) is 9.52 Å². The number of hydrogen-bond donors (Lipinski definition) is 0. The van der Waals surface area contributed by atoms with Gasteiger partial charge >= 0.3 is 26.2 Å². The molecule has 0 nitrogen and oxygen atoms in total. The van der Waals surface area contributed by atoms with Gasteiger partial charge in [0.15, 0.2) is 0 Å². The van der Waals surface area contributed by atoms with E-state index in [-0.39, 0.29) is 26.2 Å². The minimum Gasteiger partial charge on any atom is -0.199 e. The van der Waals surface area contributed by atoms with E-state index in [1.807, 2.05) is 60.7 Å². The van der Waals surface area contributed by atoms with Gasteiger partial charge in [-0.1, -0.05) is 90.0 Å². The first-order chi connectivity index (χ1) is 20.6. The summed E-state index contributed by atoms with van der Waals surface area (Å²) in [5.41, 5.74) is 7.80. The van der Waals surface area contributed by atoms with E-state index >= 15 is 0 Å². The van der Waals surface area contributed by atoms with Crippen molar-refractivity contribution in [3.05, 3.63) is 169 Å². The molecule has 6 rings (SSSR count). The van der Waals surface area contributed by atoms with Crippen LogP contribution in [0.15, 0.2) is 121 Å². The third-order valence-corrected chi connectivity index (χ3v) is 6.79. The summed E-state index contributed by atoms with van der Waals surface area (Å²) in [5.74, 6) is 1.23. The van der Waals surface area contributed by atoms with Gasteiger partial charge in [-0.2, -0.15) is 61.4 Å². The van der Waals surface area contributed by atoms with Gasteiger partial charge in [0.25, 0.3) is 0 Å². The monoisotopic (exact) mass is 672 g/mol. The first-order valence-corrected chi connectivity index (χ1v) is 17.2. The second-order valence-corrected chi connectivity index (χ2v) is 12.5. The van der Waals surface area contributed by atoms with Crippen molar-refractivity contribution in [2.75, 3.05) is 0 Å². The largest absolute Gasteiger partial charge is 4.00 e. The molecule has 0 saturated heterocycles. The van der Waals surface area contributed by atoms with Crippen LogP contribution in [-0.2, 0) is 26.2 Å². The first kappa shape index (κ1) is 39.0. The van der Waals surface area contributed by atoms with Crippen LogP contribution in [0.5, 0.6) is 0 Å². The van der Waals surface area contributed by atoms with Crippen LogP contribution in [0.25, 0.3) is 21.5 Å². The Hall–Kier alpha value is -3.06. The van der Waals surface area contributed by atoms with Gasteiger partial charge in [-0.3, -0.25) is 0 Å². The van der Waals surface area contributed by atoms with Crippen LogP contribution in [0.3, 0.4) is 0 Å². The van der Waals surface area contributed by atoms with Gasteiger partial charge in [0.05, 0.1) is 0 Å². The zero-order chi connectivity index (χ0) is 31.8. The van der Waals surface area contributed by atoms with Crippen molar-refractivity contribution in [3.8, 4) is 0 Å². The fourth-order valence-electron chi connectivity index (χ4n) is 4.78. The Kier molecular flexibility index (Phi) is 18.4. The average Bonchev–Trinajstić information content (AvgIpc) is 3.55. The van der Waals surface area contributed by atoms with Crippen LogP contribution in [0, 0.1) is 27.7 Å². The molecule has 0 aliphatic rings. The molecule has 0 unspecified atom stereocenters. The van der Waals surface area contributed by atoms with E-state index < -0.39 is 0 Å². The fourth-order valence-corrected chi connectivity index (χ4v) is 4.78. The molecule has 2 radical (unpaired) electrons. The van der Waals surface area contributed by atoms with Gasteiger partial charge in [0.1, 0.15) is 0 Å². The number of aryl methyl sites for hydroxylation is 2. The Morgan fingerprint density at radius 1 is 0.523 bits per heavy atom. The molecule has 0 saturated carbocycles. The predicted octanol–water partition coefficient (Wildman–Crippen LogP) is 12.5.